The number of hydrogen-bond donors (Lipinski definition) is 2. The number of nitrogens with one attached hydrogen (secondary N) is 1. The number of benzene rings is 1. The van der Waals surface area contributed by atoms with E-state index in [1.165, 1.54) is 7.11 Å². The van der Waals surface area contributed by atoms with E-state index in [4.69, 9.17) is 5.73 Å². The zero-order chi connectivity index (χ0) is 13.8. The molecule has 2 rings (SSSR count). The van der Waals surface area contributed by atoms with Crippen molar-refractivity contribution in [3.8, 4) is 0 Å². The lowest BCUT2D eigenvalue weighted by Crippen LogP contribution is -2.07. The quantitative estimate of drug-likeness (QED) is 0.807. The second-order valence-corrected chi connectivity index (χ2v) is 3.93. The molecule has 0 aliphatic heterocycles. The summed E-state index contributed by atoms with van der Waals surface area (Å²) in [5, 5.41) is 7.78. The third kappa shape index (κ3) is 2.79. The number of rotatable bonds is 4. The number of primary amides is 1. The average molecular weight is 259 g/mol. The van der Waals surface area contributed by atoms with Gasteiger partial charge in [0.1, 0.15) is 0 Å². The third-order valence-corrected chi connectivity index (χ3v) is 2.61. The number of ether oxygens (including phenoxy) is 1. The summed E-state index contributed by atoms with van der Waals surface area (Å²) < 4.78 is 4.64. The molecule has 1 amide bonds. The number of nitrogens with two attached hydrogens (primary N) is 1. The number of amides is 1. The molecule has 0 spiro atoms. The topological polar surface area (TPSA) is 98.1 Å². The van der Waals surface area contributed by atoms with E-state index in [2.05, 4.69) is 14.9 Å². The molecule has 0 atom stereocenters. The monoisotopic (exact) mass is 259 g/mol. The molecule has 0 saturated carbocycles. The van der Waals surface area contributed by atoms with Crippen LogP contribution < -0.4 is 5.73 Å². The van der Waals surface area contributed by atoms with E-state index in [1.54, 1.807) is 30.4 Å². The van der Waals surface area contributed by atoms with Crippen LogP contribution in [0.5, 0.6) is 0 Å². The summed E-state index contributed by atoms with van der Waals surface area (Å²) in [7, 11) is 1.33. The number of aromatic nitrogens is 2. The molecule has 0 bridgehead atoms. The molecule has 1 heterocycles. The summed E-state index contributed by atoms with van der Waals surface area (Å²) >= 11 is 0. The van der Waals surface area contributed by atoms with Gasteiger partial charge in [-0.1, -0.05) is 6.08 Å². The van der Waals surface area contributed by atoms with Gasteiger partial charge in [-0.15, -0.1) is 0 Å². The first-order chi connectivity index (χ1) is 9.11. The van der Waals surface area contributed by atoms with Gasteiger partial charge in [0.15, 0.2) is 0 Å². The van der Waals surface area contributed by atoms with Gasteiger partial charge in [0.25, 0.3) is 0 Å². The number of carbonyl (C=O) groups is 2. The average Bonchev–Trinajstić information content (AvgIpc) is 2.80. The molecular formula is C13H13N3O3. The number of H-pyrrole nitrogens is 1. The van der Waals surface area contributed by atoms with Crippen LogP contribution in [0.15, 0.2) is 24.3 Å². The summed E-state index contributed by atoms with van der Waals surface area (Å²) in [5.41, 5.74) is 6.90. The van der Waals surface area contributed by atoms with E-state index < -0.39 is 11.9 Å². The Morgan fingerprint density at radius 1 is 1.47 bits per heavy atom. The van der Waals surface area contributed by atoms with Crippen molar-refractivity contribution in [2.75, 3.05) is 7.11 Å². The first-order valence-corrected chi connectivity index (χ1v) is 5.63. The molecule has 3 N–H and O–H groups in total. The number of carbonyl (C=O) groups excluding carboxylic acids is 2. The highest BCUT2D eigenvalue weighted by Crippen LogP contribution is 2.19. The van der Waals surface area contributed by atoms with E-state index in [1.807, 2.05) is 0 Å². The van der Waals surface area contributed by atoms with Gasteiger partial charge in [0, 0.05) is 11.8 Å². The van der Waals surface area contributed by atoms with Crippen molar-refractivity contribution in [2.45, 2.75) is 6.42 Å². The normalized spacial score (nSPS) is 11.0. The minimum Gasteiger partial charge on any atom is -0.465 e. The Kier molecular flexibility index (Phi) is 3.61. The minimum absolute atomic E-state index is 0.161. The predicted octanol–water partition coefficient (Wildman–Crippen LogP) is 1.24. The highest BCUT2D eigenvalue weighted by Gasteiger charge is 2.09. The van der Waals surface area contributed by atoms with Crippen LogP contribution in [0.4, 0.5) is 0 Å². The standard InChI is InChI=1S/C13H13N3O3/c1-19-13(18)8-5-6-9-10(3-2-4-12(14)17)15-16-11(9)7-8/h2-3,5-7H,4H2,1H3,(H2,14,17)(H,15,16). The van der Waals surface area contributed by atoms with Crippen molar-refractivity contribution in [1.82, 2.24) is 10.2 Å². The van der Waals surface area contributed by atoms with Gasteiger partial charge in [-0.3, -0.25) is 9.89 Å². The van der Waals surface area contributed by atoms with E-state index in [-0.39, 0.29) is 6.42 Å². The van der Waals surface area contributed by atoms with Crippen molar-refractivity contribution in [3.63, 3.8) is 0 Å². The van der Waals surface area contributed by atoms with E-state index in [0.29, 0.717) is 11.3 Å². The number of esters is 1. The molecule has 6 heteroatoms. The summed E-state index contributed by atoms with van der Waals surface area (Å²) in [6.07, 6.45) is 3.52. The van der Waals surface area contributed by atoms with Crippen LogP contribution in [-0.2, 0) is 9.53 Å². The van der Waals surface area contributed by atoms with Gasteiger partial charge in [0.2, 0.25) is 5.91 Å². The molecule has 1 aromatic heterocycles. The maximum atomic E-state index is 11.4. The molecule has 19 heavy (non-hydrogen) atoms. The second kappa shape index (κ2) is 5.34. The predicted molar refractivity (Wildman–Crippen MR) is 70.3 cm³/mol. The minimum atomic E-state index is -0.401. The Balaban J connectivity index is 2.31. The van der Waals surface area contributed by atoms with Gasteiger partial charge < -0.3 is 10.5 Å². The molecule has 1 aromatic carbocycles. The molecule has 0 fully saturated rings. The molecule has 2 aromatic rings. The third-order valence-electron chi connectivity index (χ3n) is 2.61. The van der Waals surface area contributed by atoms with Crippen LogP contribution in [0.2, 0.25) is 0 Å². The van der Waals surface area contributed by atoms with Gasteiger partial charge in [-0.2, -0.15) is 5.10 Å². The van der Waals surface area contributed by atoms with Gasteiger partial charge in [-0.05, 0) is 24.3 Å². The van der Waals surface area contributed by atoms with Crippen LogP contribution in [-0.4, -0.2) is 29.2 Å². The zero-order valence-corrected chi connectivity index (χ0v) is 10.3. The maximum absolute atomic E-state index is 11.4. The Bertz CT molecular complexity index is 658. The summed E-state index contributed by atoms with van der Waals surface area (Å²) in [6, 6.07) is 5.10. The number of nitrogens with zero attached hydrogens (tertiary/aromatic N) is 1. The van der Waals surface area contributed by atoms with Crippen LogP contribution >= 0.6 is 0 Å². The van der Waals surface area contributed by atoms with Gasteiger partial charge in [0.05, 0.1) is 23.9 Å². The first kappa shape index (κ1) is 12.8. The van der Waals surface area contributed by atoms with E-state index in [9.17, 15) is 9.59 Å². The molecule has 0 saturated heterocycles. The van der Waals surface area contributed by atoms with Crippen molar-refractivity contribution >= 4 is 28.9 Å². The number of hydrogen-bond acceptors (Lipinski definition) is 4. The lowest BCUT2D eigenvalue weighted by atomic mass is 10.1. The maximum Gasteiger partial charge on any atom is 0.337 e. The summed E-state index contributed by atoms with van der Waals surface area (Å²) in [5.74, 6) is -0.800. The van der Waals surface area contributed by atoms with Crippen molar-refractivity contribution in [2.24, 2.45) is 5.73 Å². The summed E-state index contributed by atoms with van der Waals surface area (Å²) in [6.45, 7) is 0. The molecule has 0 aliphatic carbocycles. The van der Waals surface area contributed by atoms with Crippen molar-refractivity contribution in [1.29, 1.82) is 0 Å². The fraction of sp³-hybridized carbons (Fsp3) is 0.154. The van der Waals surface area contributed by atoms with Crippen LogP contribution in [0.3, 0.4) is 0 Å². The number of fused-ring (bicyclic) bond motifs is 1. The molecule has 6 nitrogen and oxygen atoms in total. The summed E-state index contributed by atoms with van der Waals surface area (Å²) in [4.78, 5) is 22.0. The van der Waals surface area contributed by atoms with E-state index in [0.717, 1.165) is 10.9 Å². The highest BCUT2D eigenvalue weighted by molar-refractivity contribution is 5.96. The van der Waals surface area contributed by atoms with Crippen molar-refractivity contribution in [3.05, 3.63) is 35.5 Å². The van der Waals surface area contributed by atoms with Gasteiger partial charge in [-0.25, -0.2) is 4.79 Å². The van der Waals surface area contributed by atoms with Crippen LogP contribution in [0.1, 0.15) is 22.5 Å². The van der Waals surface area contributed by atoms with E-state index >= 15 is 0 Å². The Morgan fingerprint density at radius 2 is 2.26 bits per heavy atom. The lowest BCUT2D eigenvalue weighted by molar-refractivity contribution is -0.117. The fourth-order valence-corrected chi connectivity index (χ4v) is 1.70. The van der Waals surface area contributed by atoms with Crippen LogP contribution in [0, 0.1) is 0 Å². The first-order valence-electron chi connectivity index (χ1n) is 5.63. The smallest absolute Gasteiger partial charge is 0.337 e. The Labute approximate surface area is 109 Å². The van der Waals surface area contributed by atoms with Crippen molar-refractivity contribution < 1.29 is 14.3 Å². The Hall–Kier alpha value is -2.63. The molecule has 0 unspecified atom stereocenters. The zero-order valence-electron chi connectivity index (χ0n) is 10.3. The number of methoxy groups -OCH3 is 1. The highest BCUT2D eigenvalue weighted by atomic mass is 16.5. The molecular weight excluding hydrogens is 246 g/mol. The largest absolute Gasteiger partial charge is 0.465 e. The second-order valence-electron chi connectivity index (χ2n) is 3.93. The lowest BCUT2D eigenvalue weighted by Gasteiger charge is -1.98. The Morgan fingerprint density at radius 3 is 2.95 bits per heavy atom. The molecule has 0 radical (unpaired) electrons. The number of aromatic amines is 1. The van der Waals surface area contributed by atoms with Gasteiger partial charge >= 0.3 is 5.97 Å². The SMILES string of the molecule is COC(=O)c1ccc2c(C=CCC(N)=O)n[nH]c2c1. The fourth-order valence-electron chi connectivity index (χ4n) is 1.70. The molecule has 0 aliphatic rings. The molecule has 98 valence electrons. The van der Waals surface area contributed by atoms with Crippen LogP contribution in [0.25, 0.3) is 17.0 Å².